The van der Waals surface area contributed by atoms with Crippen LogP contribution in [0.25, 0.3) is 5.69 Å². The van der Waals surface area contributed by atoms with E-state index < -0.39 is 0 Å². The Labute approximate surface area is 171 Å². The van der Waals surface area contributed by atoms with Crippen molar-refractivity contribution >= 4 is 17.3 Å². The molecule has 146 valence electrons. The number of rotatable bonds is 5. The maximum atomic E-state index is 6.48. The fraction of sp³-hybridized carbons (Fsp3) is 0.409. The molecule has 1 N–H and O–H groups in total. The molecule has 1 fully saturated rings. The number of hydrogen-bond acceptors (Lipinski definition) is 4. The van der Waals surface area contributed by atoms with Gasteiger partial charge in [-0.2, -0.15) is 4.68 Å². The lowest BCUT2D eigenvalue weighted by Gasteiger charge is -2.38. The summed E-state index contributed by atoms with van der Waals surface area (Å²) in [6, 6.07) is 14.3. The van der Waals surface area contributed by atoms with E-state index in [2.05, 4.69) is 52.9 Å². The molecule has 0 bridgehead atoms. The first kappa shape index (κ1) is 18.9. The van der Waals surface area contributed by atoms with Gasteiger partial charge in [0.1, 0.15) is 0 Å². The molecule has 2 aromatic carbocycles. The molecule has 0 spiro atoms. The zero-order chi connectivity index (χ0) is 19.6. The number of tetrazole rings is 1. The minimum Gasteiger partial charge on any atom is -0.371 e. The van der Waals surface area contributed by atoms with Crippen molar-refractivity contribution < 1.29 is 0 Å². The number of nitrogens with zero attached hydrogens (tertiary/aromatic N) is 4. The second-order valence-corrected chi connectivity index (χ2v) is 8.01. The molecule has 1 saturated carbocycles. The molecule has 0 radical (unpaired) electrons. The largest absolute Gasteiger partial charge is 0.371 e. The SMILES string of the molecule is CCc1cccc(C)c1-n1nnnc1C1(Nc2ccccc2Cl)CCCCC1. The van der Waals surface area contributed by atoms with Gasteiger partial charge in [-0.25, -0.2) is 0 Å². The topological polar surface area (TPSA) is 55.6 Å². The molecule has 5 nitrogen and oxygen atoms in total. The van der Waals surface area contributed by atoms with Crippen LogP contribution in [0.5, 0.6) is 0 Å². The Morgan fingerprint density at radius 2 is 1.86 bits per heavy atom. The fourth-order valence-electron chi connectivity index (χ4n) is 4.32. The van der Waals surface area contributed by atoms with Crippen LogP contribution in [-0.4, -0.2) is 20.2 Å². The van der Waals surface area contributed by atoms with E-state index in [0.29, 0.717) is 0 Å². The maximum Gasteiger partial charge on any atom is 0.181 e. The lowest BCUT2D eigenvalue weighted by molar-refractivity contribution is 0.309. The monoisotopic (exact) mass is 395 g/mol. The normalized spacial score (nSPS) is 16.1. The molecule has 0 unspecified atom stereocenters. The van der Waals surface area contributed by atoms with Crippen molar-refractivity contribution in [3.63, 3.8) is 0 Å². The molecule has 1 heterocycles. The molecule has 4 rings (SSSR count). The molecule has 0 aliphatic heterocycles. The van der Waals surface area contributed by atoms with Gasteiger partial charge >= 0.3 is 0 Å². The second kappa shape index (κ2) is 7.92. The summed E-state index contributed by atoms with van der Waals surface area (Å²) in [5, 5.41) is 17.5. The van der Waals surface area contributed by atoms with E-state index in [1.54, 1.807) is 0 Å². The lowest BCUT2D eigenvalue weighted by atomic mass is 9.80. The second-order valence-electron chi connectivity index (χ2n) is 7.60. The summed E-state index contributed by atoms with van der Waals surface area (Å²) in [5.41, 5.74) is 4.12. The van der Waals surface area contributed by atoms with Crippen LogP contribution in [0.15, 0.2) is 42.5 Å². The van der Waals surface area contributed by atoms with E-state index in [-0.39, 0.29) is 5.54 Å². The van der Waals surface area contributed by atoms with Gasteiger partial charge in [0.05, 0.1) is 21.9 Å². The van der Waals surface area contributed by atoms with Crippen LogP contribution in [0, 0.1) is 6.92 Å². The van der Waals surface area contributed by atoms with Gasteiger partial charge in [-0.3, -0.25) is 0 Å². The van der Waals surface area contributed by atoms with Crippen molar-refractivity contribution in [2.45, 2.75) is 57.9 Å². The molecule has 1 aliphatic carbocycles. The number of para-hydroxylation sites is 2. The van der Waals surface area contributed by atoms with E-state index in [1.165, 1.54) is 17.5 Å². The molecule has 1 aliphatic rings. The number of halogens is 1. The van der Waals surface area contributed by atoms with Crippen molar-refractivity contribution in [3.05, 3.63) is 64.4 Å². The van der Waals surface area contributed by atoms with Gasteiger partial charge in [-0.05, 0) is 59.9 Å². The van der Waals surface area contributed by atoms with Gasteiger partial charge in [0.2, 0.25) is 0 Å². The third-order valence-electron chi connectivity index (χ3n) is 5.77. The minimum atomic E-state index is -0.333. The summed E-state index contributed by atoms with van der Waals surface area (Å²) in [5.74, 6) is 0.871. The summed E-state index contributed by atoms with van der Waals surface area (Å²) < 4.78 is 1.95. The lowest BCUT2D eigenvalue weighted by Crippen LogP contribution is -2.40. The number of hydrogen-bond donors (Lipinski definition) is 1. The van der Waals surface area contributed by atoms with E-state index >= 15 is 0 Å². The number of benzene rings is 2. The van der Waals surface area contributed by atoms with Crippen molar-refractivity contribution in [2.75, 3.05) is 5.32 Å². The first-order valence-corrected chi connectivity index (χ1v) is 10.4. The molecule has 3 aromatic rings. The standard InChI is InChI=1S/C22H26ClN5/c1-3-17-11-9-10-16(2)20(17)28-21(25-26-27-28)22(14-7-4-8-15-22)24-19-13-6-5-12-18(19)23/h5-6,9-13,24H,3-4,7-8,14-15H2,1-2H3. The van der Waals surface area contributed by atoms with Gasteiger partial charge in [0.15, 0.2) is 5.82 Å². The fourth-order valence-corrected chi connectivity index (χ4v) is 4.51. The Hall–Kier alpha value is -2.40. The zero-order valence-electron chi connectivity index (χ0n) is 16.5. The maximum absolute atomic E-state index is 6.48. The van der Waals surface area contributed by atoms with Gasteiger partial charge in [-0.1, -0.05) is 68.1 Å². The summed E-state index contributed by atoms with van der Waals surface area (Å²) in [4.78, 5) is 0. The Balaban J connectivity index is 1.84. The first-order chi connectivity index (χ1) is 13.6. The Kier molecular flexibility index (Phi) is 5.36. The van der Waals surface area contributed by atoms with Gasteiger partial charge in [0.25, 0.3) is 0 Å². The highest BCUT2D eigenvalue weighted by Crippen LogP contribution is 2.41. The third-order valence-corrected chi connectivity index (χ3v) is 6.10. The number of nitrogens with one attached hydrogen (secondary N) is 1. The van der Waals surface area contributed by atoms with Crippen LogP contribution in [0.2, 0.25) is 5.02 Å². The summed E-state index contributed by atoms with van der Waals surface area (Å²) in [7, 11) is 0. The zero-order valence-corrected chi connectivity index (χ0v) is 17.2. The van der Waals surface area contributed by atoms with Crippen LogP contribution in [0.3, 0.4) is 0 Å². The van der Waals surface area contributed by atoms with Crippen molar-refractivity contribution in [3.8, 4) is 5.69 Å². The summed E-state index contributed by atoms with van der Waals surface area (Å²) >= 11 is 6.48. The minimum absolute atomic E-state index is 0.333. The highest BCUT2D eigenvalue weighted by Gasteiger charge is 2.40. The van der Waals surface area contributed by atoms with Crippen LogP contribution < -0.4 is 5.32 Å². The van der Waals surface area contributed by atoms with Crippen LogP contribution in [0.4, 0.5) is 5.69 Å². The molecule has 1 aromatic heterocycles. The number of anilines is 1. The Bertz CT molecular complexity index is 959. The highest BCUT2D eigenvalue weighted by molar-refractivity contribution is 6.33. The third kappa shape index (κ3) is 3.39. The molecule has 0 amide bonds. The average Bonchev–Trinajstić information content (AvgIpc) is 3.20. The number of aryl methyl sites for hydroxylation is 2. The van der Waals surface area contributed by atoms with Gasteiger partial charge in [0, 0.05) is 0 Å². The quantitative estimate of drug-likeness (QED) is 0.623. The molecular formula is C22H26ClN5. The van der Waals surface area contributed by atoms with E-state index in [4.69, 9.17) is 11.6 Å². The van der Waals surface area contributed by atoms with Crippen LogP contribution in [0.1, 0.15) is 56.0 Å². The molecule has 6 heteroatoms. The Morgan fingerprint density at radius 1 is 1.07 bits per heavy atom. The van der Waals surface area contributed by atoms with Gasteiger partial charge < -0.3 is 5.32 Å². The van der Waals surface area contributed by atoms with Crippen LogP contribution in [-0.2, 0) is 12.0 Å². The predicted octanol–water partition coefficient (Wildman–Crippen LogP) is 5.46. The average molecular weight is 396 g/mol. The molecule has 28 heavy (non-hydrogen) atoms. The smallest absolute Gasteiger partial charge is 0.181 e. The summed E-state index contributed by atoms with van der Waals surface area (Å²) in [6.45, 7) is 4.29. The number of aromatic nitrogens is 4. The highest BCUT2D eigenvalue weighted by atomic mass is 35.5. The molecule has 0 atom stereocenters. The Morgan fingerprint density at radius 3 is 2.61 bits per heavy atom. The van der Waals surface area contributed by atoms with E-state index in [1.807, 2.05) is 28.9 Å². The molecule has 0 saturated heterocycles. The predicted molar refractivity (Wildman–Crippen MR) is 113 cm³/mol. The first-order valence-electron chi connectivity index (χ1n) is 10.0. The summed E-state index contributed by atoms with van der Waals surface area (Å²) in [6.07, 6.45) is 6.40. The van der Waals surface area contributed by atoms with E-state index in [0.717, 1.165) is 54.3 Å². The van der Waals surface area contributed by atoms with Gasteiger partial charge in [-0.15, -0.1) is 5.10 Å². The van der Waals surface area contributed by atoms with Crippen molar-refractivity contribution in [1.82, 2.24) is 20.2 Å². The van der Waals surface area contributed by atoms with Crippen LogP contribution >= 0.6 is 11.6 Å². The molecular weight excluding hydrogens is 370 g/mol. The van der Waals surface area contributed by atoms with Crippen molar-refractivity contribution in [2.24, 2.45) is 0 Å². The van der Waals surface area contributed by atoms with Crippen molar-refractivity contribution in [1.29, 1.82) is 0 Å². The van der Waals surface area contributed by atoms with E-state index in [9.17, 15) is 0 Å².